The molecule has 1 saturated carbocycles. The van der Waals surface area contributed by atoms with Crippen molar-refractivity contribution in [1.82, 2.24) is 9.47 Å². The zero-order valence-electron chi connectivity index (χ0n) is 10.4. The number of carbonyl (C=O) groups excluding carboxylic acids is 1. The van der Waals surface area contributed by atoms with E-state index in [1.807, 2.05) is 0 Å². The van der Waals surface area contributed by atoms with Crippen LogP contribution in [0.2, 0.25) is 0 Å². The molecule has 3 rings (SSSR count). The van der Waals surface area contributed by atoms with Crippen LogP contribution in [0.1, 0.15) is 44.3 Å². The molecule has 0 spiro atoms. The second-order valence-corrected chi connectivity index (χ2v) is 5.21. The van der Waals surface area contributed by atoms with E-state index in [-0.39, 0.29) is 0 Å². The third-order valence-electron chi connectivity index (χ3n) is 4.29. The van der Waals surface area contributed by atoms with Crippen molar-refractivity contribution in [3.63, 3.8) is 0 Å². The summed E-state index contributed by atoms with van der Waals surface area (Å²) in [7, 11) is 0. The van der Waals surface area contributed by atoms with Crippen molar-refractivity contribution in [1.29, 1.82) is 0 Å². The van der Waals surface area contributed by atoms with Gasteiger partial charge in [0.2, 0.25) is 5.91 Å². The molecule has 1 aliphatic heterocycles. The molecular weight excluding hydrogens is 212 g/mol. The van der Waals surface area contributed by atoms with Gasteiger partial charge in [0.05, 0.1) is 6.04 Å². The maximum absolute atomic E-state index is 12.4. The molecule has 1 fully saturated rings. The lowest BCUT2D eigenvalue weighted by Crippen LogP contribution is -2.45. The average molecular weight is 232 g/mol. The number of aromatic nitrogens is 1. The highest BCUT2D eigenvalue weighted by Crippen LogP contribution is 2.34. The molecular formula is C14H20N2O. The van der Waals surface area contributed by atoms with Gasteiger partial charge in [-0.25, -0.2) is 0 Å². The Morgan fingerprint density at radius 1 is 1.41 bits per heavy atom. The topological polar surface area (TPSA) is 25.2 Å². The van der Waals surface area contributed by atoms with Crippen molar-refractivity contribution in [2.45, 2.75) is 45.2 Å². The predicted molar refractivity (Wildman–Crippen MR) is 66.5 cm³/mol. The molecule has 1 aliphatic carbocycles. The van der Waals surface area contributed by atoms with E-state index in [1.54, 1.807) is 0 Å². The predicted octanol–water partition coefficient (Wildman–Crippen LogP) is 2.58. The van der Waals surface area contributed by atoms with Gasteiger partial charge in [-0.3, -0.25) is 4.79 Å². The number of carbonyl (C=O) groups is 1. The third-order valence-corrected chi connectivity index (χ3v) is 4.29. The molecule has 3 nitrogen and oxygen atoms in total. The summed E-state index contributed by atoms with van der Waals surface area (Å²) in [6, 6.07) is 4.55. The van der Waals surface area contributed by atoms with Crippen LogP contribution in [0.3, 0.4) is 0 Å². The molecule has 0 saturated heterocycles. The fourth-order valence-electron chi connectivity index (χ4n) is 3.05. The van der Waals surface area contributed by atoms with Crippen LogP contribution >= 0.6 is 0 Å². The largest absolute Gasteiger partial charge is 0.348 e. The summed E-state index contributed by atoms with van der Waals surface area (Å²) in [5.41, 5.74) is 1.31. The monoisotopic (exact) mass is 232 g/mol. The molecule has 1 aromatic rings. The van der Waals surface area contributed by atoms with Crippen molar-refractivity contribution in [2.24, 2.45) is 5.92 Å². The molecule has 1 atom stereocenters. The quantitative estimate of drug-likeness (QED) is 0.769. The highest BCUT2D eigenvalue weighted by atomic mass is 16.2. The Balaban J connectivity index is 1.84. The number of rotatable bonds is 2. The number of amides is 1. The number of hydrogen-bond acceptors (Lipinski definition) is 1. The normalized spacial score (nSPS) is 24.3. The smallest absolute Gasteiger partial charge is 0.226 e. The lowest BCUT2D eigenvalue weighted by molar-refractivity contribution is -0.142. The second kappa shape index (κ2) is 4.21. The lowest BCUT2D eigenvalue weighted by atomic mass is 9.83. The number of fused-ring (bicyclic) bond motifs is 1. The SMILES string of the molecule is CCC1c2cccn2CCN1C(=O)C1CCC1. The second-order valence-electron chi connectivity index (χ2n) is 5.21. The molecule has 1 amide bonds. The van der Waals surface area contributed by atoms with Gasteiger partial charge in [0.15, 0.2) is 0 Å². The van der Waals surface area contributed by atoms with Crippen molar-refractivity contribution < 1.29 is 4.79 Å². The molecule has 2 aliphatic rings. The highest BCUT2D eigenvalue weighted by Gasteiger charge is 2.35. The third kappa shape index (κ3) is 1.68. The Labute approximate surface area is 102 Å². The first-order chi connectivity index (χ1) is 8.31. The van der Waals surface area contributed by atoms with Gasteiger partial charge in [0, 0.05) is 30.9 Å². The van der Waals surface area contributed by atoms with E-state index >= 15 is 0 Å². The molecule has 92 valence electrons. The summed E-state index contributed by atoms with van der Waals surface area (Å²) in [4.78, 5) is 14.5. The molecule has 1 aromatic heterocycles. The molecule has 2 heterocycles. The lowest BCUT2D eigenvalue weighted by Gasteiger charge is -2.40. The van der Waals surface area contributed by atoms with Gasteiger partial charge < -0.3 is 9.47 Å². The van der Waals surface area contributed by atoms with Gasteiger partial charge in [-0.1, -0.05) is 13.3 Å². The Bertz CT molecular complexity index is 420. The molecule has 0 aromatic carbocycles. The van der Waals surface area contributed by atoms with Crippen molar-refractivity contribution in [3.05, 3.63) is 24.0 Å². The first-order valence-electron chi connectivity index (χ1n) is 6.76. The Kier molecular flexibility index (Phi) is 2.69. The van der Waals surface area contributed by atoms with E-state index in [2.05, 4.69) is 34.7 Å². The van der Waals surface area contributed by atoms with Crippen molar-refractivity contribution in [2.75, 3.05) is 6.54 Å². The summed E-state index contributed by atoms with van der Waals surface area (Å²) in [5, 5.41) is 0. The summed E-state index contributed by atoms with van der Waals surface area (Å²) in [6.07, 6.45) is 6.59. The van der Waals surface area contributed by atoms with E-state index in [0.717, 1.165) is 32.4 Å². The van der Waals surface area contributed by atoms with Gasteiger partial charge in [-0.15, -0.1) is 0 Å². The minimum absolute atomic E-state index is 0.298. The van der Waals surface area contributed by atoms with Crippen LogP contribution in [0.5, 0.6) is 0 Å². The minimum atomic E-state index is 0.298. The van der Waals surface area contributed by atoms with Gasteiger partial charge >= 0.3 is 0 Å². The van der Waals surface area contributed by atoms with Crippen LogP contribution in [0.15, 0.2) is 18.3 Å². The van der Waals surface area contributed by atoms with Gasteiger partial charge in [-0.2, -0.15) is 0 Å². The van der Waals surface area contributed by atoms with Gasteiger partial charge in [-0.05, 0) is 31.4 Å². The molecule has 0 bridgehead atoms. The van der Waals surface area contributed by atoms with Gasteiger partial charge in [0.1, 0.15) is 0 Å². The zero-order valence-corrected chi connectivity index (χ0v) is 10.4. The maximum Gasteiger partial charge on any atom is 0.226 e. The molecule has 1 unspecified atom stereocenters. The first-order valence-corrected chi connectivity index (χ1v) is 6.76. The van der Waals surface area contributed by atoms with Crippen LogP contribution in [-0.4, -0.2) is 21.9 Å². The van der Waals surface area contributed by atoms with E-state index in [9.17, 15) is 4.79 Å². The molecule has 0 N–H and O–H groups in total. The summed E-state index contributed by atoms with van der Waals surface area (Å²) >= 11 is 0. The van der Waals surface area contributed by atoms with Gasteiger partial charge in [0.25, 0.3) is 0 Å². The summed E-state index contributed by atoms with van der Waals surface area (Å²) < 4.78 is 2.29. The molecule has 3 heteroatoms. The van der Waals surface area contributed by atoms with Crippen molar-refractivity contribution >= 4 is 5.91 Å². The Hall–Kier alpha value is -1.25. The van der Waals surface area contributed by atoms with E-state index in [1.165, 1.54) is 12.1 Å². The summed E-state index contributed by atoms with van der Waals surface area (Å²) in [5.74, 6) is 0.723. The van der Waals surface area contributed by atoms with E-state index in [0.29, 0.717) is 17.9 Å². The van der Waals surface area contributed by atoms with Crippen molar-refractivity contribution in [3.8, 4) is 0 Å². The van der Waals surface area contributed by atoms with Crippen LogP contribution in [-0.2, 0) is 11.3 Å². The number of nitrogens with zero attached hydrogens (tertiary/aromatic N) is 2. The first kappa shape index (κ1) is 10.9. The highest BCUT2D eigenvalue weighted by molar-refractivity contribution is 5.80. The number of hydrogen-bond donors (Lipinski definition) is 0. The maximum atomic E-state index is 12.4. The minimum Gasteiger partial charge on any atom is -0.348 e. The Morgan fingerprint density at radius 2 is 2.24 bits per heavy atom. The fourth-order valence-corrected chi connectivity index (χ4v) is 3.05. The zero-order chi connectivity index (χ0) is 11.8. The Morgan fingerprint density at radius 3 is 2.88 bits per heavy atom. The van der Waals surface area contributed by atoms with Crippen LogP contribution < -0.4 is 0 Å². The van der Waals surface area contributed by atoms with E-state index < -0.39 is 0 Å². The van der Waals surface area contributed by atoms with Crippen LogP contribution in [0.25, 0.3) is 0 Å². The van der Waals surface area contributed by atoms with Crippen LogP contribution in [0.4, 0.5) is 0 Å². The van der Waals surface area contributed by atoms with Crippen LogP contribution in [0, 0.1) is 5.92 Å². The molecule has 17 heavy (non-hydrogen) atoms. The fraction of sp³-hybridized carbons (Fsp3) is 0.643. The standard InChI is InChI=1S/C14H20N2O/c1-2-12-13-7-4-8-15(13)9-10-16(12)14(17)11-5-3-6-11/h4,7-8,11-12H,2-3,5-6,9-10H2,1H3. The summed E-state index contributed by atoms with van der Waals surface area (Å²) in [6.45, 7) is 4.02. The average Bonchev–Trinajstić information content (AvgIpc) is 2.72. The van der Waals surface area contributed by atoms with E-state index in [4.69, 9.17) is 0 Å². The molecule has 0 radical (unpaired) electrons.